The summed E-state index contributed by atoms with van der Waals surface area (Å²) in [7, 11) is 0. The summed E-state index contributed by atoms with van der Waals surface area (Å²) in [5, 5.41) is 14.6. The molecule has 2 N–H and O–H groups in total. The Morgan fingerprint density at radius 1 is 1.19 bits per heavy atom. The average molecular weight is 441 g/mol. The van der Waals surface area contributed by atoms with E-state index in [1.807, 2.05) is 0 Å². The fraction of sp³-hybridized carbons (Fsp3) is 0.136. The zero-order valence-electron chi connectivity index (χ0n) is 16.7. The number of amides is 1. The van der Waals surface area contributed by atoms with Gasteiger partial charge in [0.1, 0.15) is 12.4 Å². The van der Waals surface area contributed by atoms with Gasteiger partial charge in [-0.1, -0.05) is 6.58 Å². The van der Waals surface area contributed by atoms with E-state index in [4.69, 9.17) is 4.74 Å². The van der Waals surface area contributed by atoms with Crippen molar-refractivity contribution in [3.8, 4) is 11.4 Å². The molecule has 7 nitrogen and oxygen atoms in total. The van der Waals surface area contributed by atoms with Crippen molar-refractivity contribution in [3.05, 3.63) is 84.3 Å². The van der Waals surface area contributed by atoms with Crippen molar-refractivity contribution in [1.29, 1.82) is 0 Å². The van der Waals surface area contributed by atoms with Gasteiger partial charge in [0.25, 0.3) is 0 Å². The van der Waals surface area contributed by atoms with Crippen LogP contribution >= 0.6 is 0 Å². The third-order valence-corrected chi connectivity index (χ3v) is 4.73. The van der Waals surface area contributed by atoms with Crippen LogP contribution in [-0.2, 0) is 24.1 Å². The predicted octanol–water partition coefficient (Wildman–Crippen LogP) is 4.15. The number of rotatable bonds is 7. The molecule has 2 aromatic carbocycles. The van der Waals surface area contributed by atoms with Crippen LogP contribution < -0.4 is 10.1 Å². The number of benzene rings is 2. The van der Waals surface area contributed by atoms with Crippen LogP contribution in [0.2, 0.25) is 0 Å². The number of nitrogens with zero attached hydrogens (tertiary/aromatic N) is 3. The van der Waals surface area contributed by atoms with Crippen molar-refractivity contribution < 1.29 is 22.7 Å². The number of carbonyl (C=O) groups is 1. The van der Waals surface area contributed by atoms with Crippen molar-refractivity contribution >= 4 is 16.8 Å². The van der Waals surface area contributed by atoms with Gasteiger partial charge in [0.05, 0.1) is 34.7 Å². The molecular weight excluding hydrogens is 423 g/mol. The molecule has 1 amide bonds. The number of fused-ring (bicyclic) bond motifs is 1. The Kier molecular flexibility index (Phi) is 5.67. The highest BCUT2D eigenvalue weighted by Crippen LogP contribution is 2.31. The van der Waals surface area contributed by atoms with Crippen molar-refractivity contribution in [2.45, 2.75) is 19.3 Å². The molecule has 0 unspecified atom stereocenters. The topological polar surface area (TPSA) is 84.8 Å². The van der Waals surface area contributed by atoms with Gasteiger partial charge < -0.3 is 10.1 Å². The molecule has 0 fully saturated rings. The Morgan fingerprint density at radius 2 is 1.97 bits per heavy atom. The summed E-state index contributed by atoms with van der Waals surface area (Å²) >= 11 is 0. The number of hydrogen-bond donors (Lipinski definition) is 2. The van der Waals surface area contributed by atoms with E-state index < -0.39 is 11.7 Å². The van der Waals surface area contributed by atoms with Gasteiger partial charge in [0.2, 0.25) is 5.91 Å². The first-order chi connectivity index (χ1) is 15.3. The molecule has 32 heavy (non-hydrogen) atoms. The maximum Gasteiger partial charge on any atom is 0.416 e. The fourth-order valence-corrected chi connectivity index (χ4v) is 3.14. The van der Waals surface area contributed by atoms with Crippen LogP contribution in [-0.4, -0.2) is 25.9 Å². The third kappa shape index (κ3) is 4.48. The van der Waals surface area contributed by atoms with Crippen LogP contribution in [0.1, 0.15) is 17.0 Å². The predicted molar refractivity (Wildman–Crippen MR) is 111 cm³/mol. The van der Waals surface area contributed by atoms with E-state index in [0.717, 1.165) is 23.9 Å². The second-order valence-corrected chi connectivity index (χ2v) is 6.86. The van der Waals surface area contributed by atoms with Crippen LogP contribution in [0.4, 0.5) is 13.2 Å². The fourth-order valence-electron chi connectivity index (χ4n) is 3.14. The van der Waals surface area contributed by atoms with E-state index in [-0.39, 0.29) is 19.1 Å². The number of H-pyrrole nitrogens is 1. The molecule has 0 radical (unpaired) electrons. The highest BCUT2D eigenvalue weighted by molar-refractivity contribution is 5.88. The summed E-state index contributed by atoms with van der Waals surface area (Å²) in [5.41, 5.74) is 1.61. The molecule has 0 saturated heterocycles. The summed E-state index contributed by atoms with van der Waals surface area (Å²) in [4.78, 5) is 11.6. The van der Waals surface area contributed by atoms with Crippen LogP contribution in [0.15, 0.2) is 67.4 Å². The van der Waals surface area contributed by atoms with E-state index in [9.17, 15) is 18.0 Å². The Labute approximate surface area is 180 Å². The second-order valence-electron chi connectivity index (χ2n) is 6.86. The number of alkyl halides is 3. The van der Waals surface area contributed by atoms with Crippen LogP contribution in [0.5, 0.6) is 5.75 Å². The molecule has 4 rings (SSSR count). The summed E-state index contributed by atoms with van der Waals surface area (Å²) < 4.78 is 46.1. The Morgan fingerprint density at radius 3 is 2.62 bits per heavy atom. The van der Waals surface area contributed by atoms with Gasteiger partial charge in [-0.05, 0) is 54.6 Å². The quantitative estimate of drug-likeness (QED) is 0.422. The molecule has 0 aliphatic heterocycles. The highest BCUT2D eigenvalue weighted by atomic mass is 19.4. The minimum atomic E-state index is -4.43. The van der Waals surface area contributed by atoms with Gasteiger partial charge in [-0.2, -0.15) is 23.4 Å². The van der Waals surface area contributed by atoms with Gasteiger partial charge in [-0.15, -0.1) is 0 Å². The van der Waals surface area contributed by atoms with E-state index in [1.54, 1.807) is 30.5 Å². The number of ether oxygens (including phenoxy) is 1. The number of nitrogens with one attached hydrogen (secondary N) is 2. The van der Waals surface area contributed by atoms with Gasteiger partial charge in [0, 0.05) is 11.6 Å². The Bertz CT molecular complexity index is 1250. The molecular formula is C22H18F3N5O2. The zero-order chi connectivity index (χ0) is 22.7. The highest BCUT2D eigenvalue weighted by Gasteiger charge is 2.30. The number of hydrogen-bond acceptors (Lipinski definition) is 4. The largest absolute Gasteiger partial charge is 0.487 e. The Hall–Kier alpha value is -4.08. The minimum Gasteiger partial charge on any atom is -0.487 e. The first-order valence-electron chi connectivity index (χ1n) is 9.56. The van der Waals surface area contributed by atoms with Gasteiger partial charge in [0.15, 0.2) is 0 Å². The molecule has 0 aliphatic carbocycles. The molecule has 2 aromatic heterocycles. The minimum absolute atomic E-state index is 0.109. The maximum absolute atomic E-state index is 12.9. The number of halogens is 3. The van der Waals surface area contributed by atoms with Gasteiger partial charge in [-0.3, -0.25) is 9.89 Å². The molecule has 164 valence electrons. The van der Waals surface area contributed by atoms with E-state index in [1.165, 1.54) is 16.8 Å². The van der Waals surface area contributed by atoms with Crippen molar-refractivity contribution in [1.82, 2.24) is 25.3 Å². The first kappa shape index (κ1) is 21.2. The summed E-state index contributed by atoms with van der Waals surface area (Å²) in [6.07, 6.45) is -1.59. The number of aromatic nitrogens is 4. The summed E-state index contributed by atoms with van der Waals surface area (Å²) in [5.74, 6) is 0.192. The normalized spacial score (nSPS) is 11.5. The van der Waals surface area contributed by atoms with E-state index in [0.29, 0.717) is 28.0 Å². The van der Waals surface area contributed by atoms with Crippen molar-refractivity contribution in [2.75, 3.05) is 0 Å². The lowest BCUT2D eigenvalue weighted by Gasteiger charge is -2.09. The third-order valence-electron chi connectivity index (χ3n) is 4.73. The van der Waals surface area contributed by atoms with Crippen LogP contribution in [0, 0.1) is 0 Å². The van der Waals surface area contributed by atoms with Crippen molar-refractivity contribution in [2.24, 2.45) is 0 Å². The average Bonchev–Trinajstić information content (AvgIpc) is 3.43. The molecule has 10 heteroatoms. The molecule has 0 bridgehead atoms. The van der Waals surface area contributed by atoms with E-state index in [2.05, 4.69) is 27.2 Å². The van der Waals surface area contributed by atoms with Gasteiger partial charge >= 0.3 is 6.18 Å². The summed E-state index contributed by atoms with van der Waals surface area (Å²) in [6, 6.07) is 11.8. The monoisotopic (exact) mass is 441 g/mol. The Balaban J connectivity index is 1.70. The summed E-state index contributed by atoms with van der Waals surface area (Å²) in [6.45, 7) is 3.78. The number of aromatic amines is 1. The first-order valence-corrected chi connectivity index (χ1v) is 9.56. The molecule has 0 spiro atoms. The van der Waals surface area contributed by atoms with Crippen molar-refractivity contribution in [3.63, 3.8) is 0 Å². The lowest BCUT2D eigenvalue weighted by Crippen LogP contribution is -2.20. The van der Waals surface area contributed by atoms with Crippen LogP contribution in [0.25, 0.3) is 16.6 Å². The SMILES string of the molecule is C=CC(=O)NCc1nn(-c2ccc(C(F)(F)F)cc2)c2ccc(OCc3cc[nH]n3)cc12. The lowest BCUT2D eigenvalue weighted by molar-refractivity contribution is -0.137. The molecule has 0 atom stereocenters. The van der Waals surface area contributed by atoms with Crippen LogP contribution in [0.3, 0.4) is 0 Å². The van der Waals surface area contributed by atoms with E-state index >= 15 is 0 Å². The number of carbonyl (C=O) groups excluding carboxylic acids is 1. The zero-order valence-corrected chi connectivity index (χ0v) is 16.7. The molecule has 0 saturated carbocycles. The standard InChI is InChI=1S/C22H18F3N5O2/c1-2-21(31)26-12-19-18-11-17(32-13-15-9-10-27-28-15)7-8-20(18)30(29-19)16-5-3-14(4-6-16)22(23,24)25/h2-11H,1,12-13H2,(H,26,31)(H,27,28). The van der Waals surface area contributed by atoms with Gasteiger partial charge in [-0.25, -0.2) is 4.68 Å². The maximum atomic E-state index is 12.9. The molecule has 0 aliphatic rings. The molecule has 2 heterocycles. The lowest BCUT2D eigenvalue weighted by atomic mass is 10.1. The smallest absolute Gasteiger partial charge is 0.416 e. The molecule has 4 aromatic rings. The second kappa shape index (κ2) is 8.58.